The van der Waals surface area contributed by atoms with Crippen LogP contribution in [0.2, 0.25) is 0 Å². The second-order valence-electron chi connectivity index (χ2n) is 5.02. The summed E-state index contributed by atoms with van der Waals surface area (Å²) >= 11 is 0. The number of rotatable bonds is 6. The highest BCUT2D eigenvalue weighted by molar-refractivity contribution is 5.92. The largest absolute Gasteiger partial charge is 0.394 e. The molecule has 0 aromatic carbocycles. The molecule has 1 aromatic rings. The van der Waals surface area contributed by atoms with Crippen LogP contribution in [0.5, 0.6) is 0 Å². The molecule has 1 aliphatic heterocycles. The molecule has 0 radical (unpaired) electrons. The van der Waals surface area contributed by atoms with Crippen LogP contribution in [0.3, 0.4) is 0 Å². The average molecular weight is 302 g/mol. The molecule has 1 aliphatic rings. The fourth-order valence-electron chi connectivity index (χ4n) is 2.52. The van der Waals surface area contributed by atoms with E-state index >= 15 is 0 Å². The van der Waals surface area contributed by atoms with Crippen molar-refractivity contribution in [2.75, 3.05) is 26.3 Å². The van der Waals surface area contributed by atoms with E-state index < -0.39 is 13.0 Å². The van der Waals surface area contributed by atoms with Crippen molar-refractivity contribution in [3.63, 3.8) is 0 Å². The molecule has 2 heterocycles. The second kappa shape index (κ2) is 7.51. The first-order valence-corrected chi connectivity index (χ1v) is 7.07. The number of halogens is 2. The zero-order valence-electron chi connectivity index (χ0n) is 11.8. The molecule has 0 aliphatic carbocycles. The molecule has 0 spiro atoms. The van der Waals surface area contributed by atoms with Gasteiger partial charge in [0.2, 0.25) is 0 Å². The lowest BCUT2D eigenvalue weighted by molar-refractivity contribution is -0.00578. The number of amides is 1. The third-order valence-corrected chi connectivity index (χ3v) is 3.56. The maximum atomic E-state index is 12.5. The average Bonchev–Trinajstić information content (AvgIpc) is 2.92. The first kappa shape index (κ1) is 15.9. The predicted molar refractivity (Wildman–Crippen MR) is 72.4 cm³/mol. The molecule has 2 rings (SSSR count). The Kier molecular flexibility index (Phi) is 5.69. The van der Waals surface area contributed by atoms with Gasteiger partial charge in [0.05, 0.1) is 25.9 Å². The van der Waals surface area contributed by atoms with Gasteiger partial charge in [0.1, 0.15) is 5.69 Å². The highest BCUT2D eigenvalue weighted by Gasteiger charge is 2.25. The first-order valence-electron chi connectivity index (χ1n) is 7.07. The van der Waals surface area contributed by atoms with Crippen molar-refractivity contribution in [1.82, 2.24) is 9.47 Å². The molecular formula is C14H20F2N2O3. The van der Waals surface area contributed by atoms with Gasteiger partial charge < -0.3 is 19.3 Å². The zero-order chi connectivity index (χ0) is 15.2. The van der Waals surface area contributed by atoms with Gasteiger partial charge in [0.15, 0.2) is 0 Å². The van der Waals surface area contributed by atoms with Crippen LogP contribution in [-0.2, 0) is 11.3 Å². The number of likely N-dealkylation sites (tertiary alicyclic amines) is 1. The molecule has 118 valence electrons. The van der Waals surface area contributed by atoms with Crippen molar-refractivity contribution >= 4 is 5.91 Å². The summed E-state index contributed by atoms with van der Waals surface area (Å²) in [5.41, 5.74) is 0.296. The standard InChI is InChI=1S/C14H20F2N2O3/c15-13(16)10-18-5-1-2-12(18)14(20)17-6-3-11(4-7-17)21-9-8-19/h1-2,5,11,13,19H,3-4,6-10H2. The van der Waals surface area contributed by atoms with Crippen LogP contribution in [-0.4, -0.2) is 59.3 Å². The lowest BCUT2D eigenvalue weighted by Gasteiger charge is -2.32. The number of piperidine rings is 1. The number of hydrogen-bond acceptors (Lipinski definition) is 3. The molecule has 21 heavy (non-hydrogen) atoms. The van der Waals surface area contributed by atoms with Crippen molar-refractivity contribution in [3.8, 4) is 0 Å². The van der Waals surface area contributed by atoms with Gasteiger partial charge in [-0.15, -0.1) is 0 Å². The minimum absolute atomic E-state index is 0.0136. The molecular weight excluding hydrogens is 282 g/mol. The van der Waals surface area contributed by atoms with E-state index in [1.54, 1.807) is 17.0 Å². The molecule has 1 N–H and O–H groups in total. The van der Waals surface area contributed by atoms with Crippen molar-refractivity contribution in [2.24, 2.45) is 0 Å². The number of hydrogen-bond donors (Lipinski definition) is 1. The van der Waals surface area contributed by atoms with Crippen LogP contribution in [0.15, 0.2) is 18.3 Å². The van der Waals surface area contributed by atoms with Gasteiger partial charge in [-0.05, 0) is 25.0 Å². The van der Waals surface area contributed by atoms with E-state index in [2.05, 4.69) is 0 Å². The van der Waals surface area contributed by atoms with E-state index in [1.807, 2.05) is 0 Å². The van der Waals surface area contributed by atoms with Crippen LogP contribution in [0.4, 0.5) is 8.78 Å². The number of aliphatic hydroxyl groups excluding tert-OH is 1. The molecule has 1 aromatic heterocycles. The Morgan fingerprint density at radius 2 is 2.14 bits per heavy atom. The number of aromatic nitrogens is 1. The third-order valence-electron chi connectivity index (χ3n) is 3.56. The van der Waals surface area contributed by atoms with Crippen molar-refractivity contribution in [3.05, 3.63) is 24.0 Å². The summed E-state index contributed by atoms with van der Waals surface area (Å²) in [6.45, 7) is 0.893. The van der Waals surface area contributed by atoms with Crippen LogP contribution in [0.25, 0.3) is 0 Å². The molecule has 5 nitrogen and oxygen atoms in total. The Bertz CT molecular complexity index is 457. The zero-order valence-corrected chi connectivity index (χ0v) is 11.8. The van der Waals surface area contributed by atoms with Crippen LogP contribution in [0.1, 0.15) is 23.3 Å². The quantitative estimate of drug-likeness (QED) is 0.863. The summed E-state index contributed by atoms with van der Waals surface area (Å²) in [4.78, 5) is 14.0. The number of carbonyl (C=O) groups excluding carboxylic acids is 1. The minimum Gasteiger partial charge on any atom is -0.394 e. The van der Waals surface area contributed by atoms with Crippen molar-refractivity contribution < 1.29 is 23.4 Å². The molecule has 0 bridgehead atoms. The molecule has 0 atom stereocenters. The van der Waals surface area contributed by atoms with Crippen LogP contribution in [0, 0.1) is 0 Å². The monoisotopic (exact) mass is 302 g/mol. The van der Waals surface area contributed by atoms with E-state index in [9.17, 15) is 13.6 Å². The number of ether oxygens (including phenoxy) is 1. The lowest BCUT2D eigenvalue weighted by Crippen LogP contribution is -2.41. The van der Waals surface area contributed by atoms with Gasteiger partial charge in [0.25, 0.3) is 12.3 Å². The Morgan fingerprint density at radius 3 is 2.76 bits per heavy atom. The molecule has 1 saturated heterocycles. The van der Waals surface area contributed by atoms with Gasteiger partial charge in [-0.3, -0.25) is 4.79 Å². The fourth-order valence-corrected chi connectivity index (χ4v) is 2.52. The summed E-state index contributed by atoms with van der Waals surface area (Å²) in [7, 11) is 0. The van der Waals surface area contributed by atoms with Gasteiger partial charge >= 0.3 is 0 Å². The number of alkyl halides is 2. The molecule has 0 unspecified atom stereocenters. The molecule has 0 saturated carbocycles. The van der Waals surface area contributed by atoms with E-state index in [-0.39, 0.29) is 18.6 Å². The van der Waals surface area contributed by atoms with Crippen LogP contribution >= 0.6 is 0 Å². The number of aliphatic hydroxyl groups is 1. The lowest BCUT2D eigenvalue weighted by atomic mass is 10.1. The second-order valence-corrected chi connectivity index (χ2v) is 5.02. The van der Waals surface area contributed by atoms with E-state index in [1.165, 1.54) is 10.8 Å². The molecule has 1 fully saturated rings. The van der Waals surface area contributed by atoms with Crippen molar-refractivity contribution in [1.29, 1.82) is 0 Å². The summed E-state index contributed by atoms with van der Waals surface area (Å²) in [6, 6.07) is 3.17. The maximum Gasteiger partial charge on any atom is 0.270 e. The van der Waals surface area contributed by atoms with E-state index in [0.29, 0.717) is 38.2 Å². The Hall–Kier alpha value is -1.47. The fraction of sp³-hybridized carbons (Fsp3) is 0.643. The van der Waals surface area contributed by atoms with E-state index in [4.69, 9.17) is 9.84 Å². The summed E-state index contributed by atoms with van der Waals surface area (Å²) in [5.74, 6) is -0.221. The molecule has 1 amide bonds. The number of carbonyl (C=O) groups is 1. The maximum absolute atomic E-state index is 12.5. The van der Waals surface area contributed by atoms with Crippen molar-refractivity contribution in [2.45, 2.75) is 31.9 Å². The summed E-state index contributed by atoms with van der Waals surface area (Å²) in [6.07, 6.45) is 0.453. The highest BCUT2D eigenvalue weighted by atomic mass is 19.3. The number of nitrogens with zero attached hydrogens (tertiary/aromatic N) is 2. The van der Waals surface area contributed by atoms with Crippen LogP contribution < -0.4 is 0 Å². The summed E-state index contributed by atoms with van der Waals surface area (Å²) in [5, 5.41) is 8.71. The first-order chi connectivity index (χ1) is 10.1. The smallest absolute Gasteiger partial charge is 0.270 e. The molecule has 7 heteroatoms. The van der Waals surface area contributed by atoms with Gasteiger partial charge in [-0.1, -0.05) is 0 Å². The van der Waals surface area contributed by atoms with E-state index in [0.717, 1.165) is 0 Å². The van der Waals surface area contributed by atoms with Gasteiger partial charge in [-0.25, -0.2) is 8.78 Å². The Balaban J connectivity index is 1.91. The van der Waals surface area contributed by atoms with Gasteiger partial charge in [-0.2, -0.15) is 0 Å². The van der Waals surface area contributed by atoms with Gasteiger partial charge in [0, 0.05) is 19.3 Å². The normalized spacial score (nSPS) is 16.7. The Morgan fingerprint density at radius 1 is 1.43 bits per heavy atom. The topological polar surface area (TPSA) is 54.7 Å². The summed E-state index contributed by atoms with van der Waals surface area (Å²) < 4.78 is 31.7. The SMILES string of the molecule is O=C(c1cccn1CC(F)F)N1CCC(OCCO)CC1. The Labute approximate surface area is 122 Å². The predicted octanol–water partition coefficient (Wildman–Crippen LogP) is 1.37. The highest BCUT2D eigenvalue weighted by Crippen LogP contribution is 2.17. The third kappa shape index (κ3) is 4.25. The minimum atomic E-state index is -2.48.